The van der Waals surface area contributed by atoms with Crippen LogP contribution in [0.15, 0.2) is 18.2 Å². The molecule has 104 valence electrons. The van der Waals surface area contributed by atoms with E-state index in [1.54, 1.807) is 4.90 Å². The van der Waals surface area contributed by atoms with Gasteiger partial charge in [0.05, 0.1) is 6.42 Å². The predicted octanol–water partition coefficient (Wildman–Crippen LogP) is 2.53. The van der Waals surface area contributed by atoms with Crippen molar-refractivity contribution in [1.82, 2.24) is 5.32 Å². The normalized spacial score (nSPS) is 14.9. The zero-order valence-electron chi connectivity index (χ0n) is 12.4. The number of carbonyl (C=O) groups excluding carboxylic acids is 1. The highest BCUT2D eigenvalue weighted by atomic mass is 16.2. The molecule has 1 heterocycles. The first-order valence-electron chi connectivity index (χ1n) is 7.00. The van der Waals surface area contributed by atoms with Gasteiger partial charge in [0, 0.05) is 18.3 Å². The van der Waals surface area contributed by atoms with Crippen LogP contribution in [0.25, 0.3) is 0 Å². The Bertz CT molecular complexity index is 474. The molecule has 0 spiro atoms. The van der Waals surface area contributed by atoms with Crippen molar-refractivity contribution in [3.05, 3.63) is 29.3 Å². The molecule has 3 heteroatoms. The Hall–Kier alpha value is -1.35. The van der Waals surface area contributed by atoms with Crippen LogP contribution in [0.3, 0.4) is 0 Å². The van der Waals surface area contributed by atoms with Gasteiger partial charge in [-0.3, -0.25) is 4.79 Å². The number of likely N-dealkylation sites (N-methyl/N-ethyl adjacent to an activating group) is 1. The van der Waals surface area contributed by atoms with Crippen LogP contribution in [0.2, 0.25) is 0 Å². The second-order valence-corrected chi connectivity index (χ2v) is 6.37. The number of nitrogens with one attached hydrogen (secondary N) is 1. The van der Waals surface area contributed by atoms with Gasteiger partial charge in [-0.25, -0.2) is 0 Å². The lowest BCUT2D eigenvalue weighted by Gasteiger charge is -2.20. The fourth-order valence-electron chi connectivity index (χ4n) is 2.43. The molecule has 0 aromatic heterocycles. The molecule has 19 heavy (non-hydrogen) atoms. The molecule has 0 radical (unpaired) electrons. The van der Waals surface area contributed by atoms with E-state index in [-0.39, 0.29) is 11.4 Å². The van der Waals surface area contributed by atoms with E-state index in [4.69, 9.17) is 0 Å². The van der Waals surface area contributed by atoms with Crippen LogP contribution >= 0.6 is 0 Å². The topological polar surface area (TPSA) is 32.3 Å². The fourth-order valence-corrected chi connectivity index (χ4v) is 2.43. The van der Waals surface area contributed by atoms with Crippen molar-refractivity contribution in [1.29, 1.82) is 0 Å². The van der Waals surface area contributed by atoms with E-state index in [1.165, 1.54) is 11.1 Å². The molecule has 0 saturated carbocycles. The molecule has 0 saturated heterocycles. The van der Waals surface area contributed by atoms with Gasteiger partial charge in [-0.05, 0) is 57.4 Å². The van der Waals surface area contributed by atoms with E-state index in [1.807, 2.05) is 7.05 Å². The maximum atomic E-state index is 11.6. The largest absolute Gasteiger partial charge is 0.315 e. The van der Waals surface area contributed by atoms with Gasteiger partial charge in [-0.2, -0.15) is 0 Å². The van der Waals surface area contributed by atoms with Crippen LogP contribution < -0.4 is 10.2 Å². The highest BCUT2D eigenvalue weighted by Gasteiger charge is 2.23. The summed E-state index contributed by atoms with van der Waals surface area (Å²) in [7, 11) is 1.85. The van der Waals surface area contributed by atoms with E-state index < -0.39 is 0 Å². The minimum absolute atomic E-state index is 0.188. The predicted molar refractivity (Wildman–Crippen MR) is 79.6 cm³/mol. The number of carbonyl (C=O) groups is 1. The summed E-state index contributed by atoms with van der Waals surface area (Å²) in [5.41, 5.74) is 3.76. The maximum absolute atomic E-state index is 11.6. The average Bonchev–Trinajstić information content (AvgIpc) is 2.59. The van der Waals surface area contributed by atoms with Gasteiger partial charge in [-0.1, -0.05) is 12.1 Å². The van der Waals surface area contributed by atoms with Crippen LogP contribution in [0.4, 0.5) is 5.69 Å². The summed E-state index contributed by atoms with van der Waals surface area (Å²) in [5.74, 6) is 0.196. The van der Waals surface area contributed by atoms with Crippen molar-refractivity contribution < 1.29 is 4.79 Å². The van der Waals surface area contributed by atoms with Crippen LogP contribution in [-0.4, -0.2) is 25.0 Å². The molecule has 1 N–H and O–H groups in total. The monoisotopic (exact) mass is 260 g/mol. The van der Waals surface area contributed by atoms with Crippen LogP contribution in [0.1, 0.15) is 38.3 Å². The molecule has 1 aromatic rings. The van der Waals surface area contributed by atoms with Gasteiger partial charge in [0.2, 0.25) is 5.91 Å². The van der Waals surface area contributed by atoms with Gasteiger partial charge in [0.25, 0.3) is 0 Å². The number of fused-ring (bicyclic) bond motifs is 1. The fraction of sp³-hybridized carbons (Fsp3) is 0.562. The minimum atomic E-state index is 0.188. The van der Waals surface area contributed by atoms with E-state index in [2.05, 4.69) is 44.3 Å². The Labute approximate surface area is 116 Å². The first kappa shape index (κ1) is 14.1. The number of hydrogen-bond acceptors (Lipinski definition) is 2. The Balaban J connectivity index is 1.90. The third-order valence-electron chi connectivity index (χ3n) is 3.52. The number of benzene rings is 1. The van der Waals surface area contributed by atoms with Crippen LogP contribution in [0, 0.1) is 0 Å². The standard InChI is InChI=1S/C16H24N2O/c1-16(2,3)17-9-5-6-12-7-8-14-13(10-12)11-15(19)18(14)4/h7-8,10,17H,5-6,9,11H2,1-4H3. The van der Waals surface area contributed by atoms with Gasteiger partial charge in [0.1, 0.15) is 0 Å². The summed E-state index contributed by atoms with van der Waals surface area (Å²) >= 11 is 0. The first-order chi connectivity index (χ1) is 8.87. The number of amides is 1. The molecule has 0 aliphatic carbocycles. The van der Waals surface area contributed by atoms with Crippen molar-refractivity contribution in [3.63, 3.8) is 0 Å². The second-order valence-electron chi connectivity index (χ2n) is 6.37. The van der Waals surface area contributed by atoms with Crippen LogP contribution in [0.5, 0.6) is 0 Å². The lowest BCUT2D eigenvalue weighted by molar-refractivity contribution is -0.117. The van der Waals surface area contributed by atoms with Crippen molar-refractivity contribution in [3.8, 4) is 0 Å². The molecule has 1 aliphatic heterocycles. The van der Waals surface area contributed by atoms with E-state index >= 15 is 0 Å². The quantitative estimate of drug-likeness (QED) is 0.844. The lowest BCUT2D eigenvalue weighted by atomic mass is 10.0. The van der Waals surface area contributed by atoms with E-state index in [9.17, 15) is 4.79 Å². The lowest BCUT2D eigenvalue weighted by Crippen LogP contribution is -2.36. The van der Waals surface area contributed by atoms with E-state index in [0.717, 1.165) is 25.1 Å². The molecular formula is C16H24N2O. The molecule has 2 rings (SSSR count). The molecular weight excluding hydrogens is 236 g/mol. The van der Waals surface area contributed by atoms with Crippen molar-refractivity contribution in [2.75, 3.05) is 18.5 Å². The molecule has 1 aromatic carbocycles. The van der Waals surface area contributed by atoms with Crippen molar-refractivity contribution >= 4 is 11.6 Å². The smallest absolute Gasteiger partial charge is 0.231 e. The highest BCUT2D eigenvalue weighted by Crippen LogP contribution is 2.28. The Morgan fingerprint density at radius 2 is 2.05 bits per heavy atom. The van der Waals surface area contributed by atoms with Gasteiger partial charge < -0.3 is 10.2 Å². The summed E-state index contributed by atoms with van der Waals surface area (Å²) < 4.78 is 0. The molecule has 0 atom stereocenters. The Kier molecular flexibility index (Phi) is 3.95. The number of anilines is 1. The summed E-state index contributed by atoms with van der Waals surface area (Å²) in [4.78, 5) is 13.4. The molecule has 3 nitrogen and oxygen atoms in total. The minimum Gasteiger partial charge on any atom is -0.315 e. The summed E-state index contributed by atoms with van der Waals surface area (Å²) in [5, 5.41) is 3.50. The zero-order valence-corrected chi connectivity index (χ0v) is 12.4. The number of nitrogens with zero attached hydrogens (tertiary/aromatic N) is 1. The van der Waals surface area contributed by atoms with Gasteiger partial charge in [0.15, 0.2) is 0 Å². The summed E-state index contributed by atoms with van der Waals surface area (Å²) in [6.45, 7) is 7.58. The summed E-state index contributed by atoms with van der Waals surface area (Å²) in [6, 6.07) is 6.41. The summed E-state index contributed by atoms with van der Waals surface area (Å²) in [6.07, 6.45) is 2.74. The number of aryl methyl sites for hydroxylation is 1. The van der Waals surface area contributed by atoms with Crippen molar-refractivity contribution in [2.45, 2.75) is 45.6 Å². The third-order valence-corrected chi connectivity index (χ3v) is 3.52. The SMILES string of the molecule is CN1C(=O)Cc2cc(CCCNC(C)(C)C)ccc21. The maximum Gasteiger partial charge on any atom is 0.231 e. The number of rotatable bonds is 4. The first-order valence-corrected chi connectivity index (χ1v) is 7.00. The Morgan fingerprint density at radius 1 is 1.32 bits per heavy atom. The van der Waals surface area contributed by atoms with Gasteiger partial charge >= 0.3 is 0 Å². The zero-order chi connectivity index (χ0) is 14.0. The average molecular weight is 260 g/mol. The van der Waals surface area contributed by atoms with Crippen LogP contribution in [-0.2, 0) is 17.6 Å². The third kappa shape index (κ3) is 3.57. The second kappa shape index (κ2) is 5.33. The van der Waals surface area contributed by atoms with Crippen molar-refractivity contribution in [2.24, 2.45) is 0 Å². The molecule has 0 unspecified atom stereocenters. The molecule has 1 amide bonds. The Morgan fingerprint density at radius 3 is 2.74 bits per heavy atom. The highest BCUT2D eigenvalue weighted by molar-refractivity contribution is 6.00. The van der Waals surface area contributed by atoms with Gasteiger partial charge in [-0.15, -0.1) is 0 Å². The molecule has 0 fully saturated rings. The molecule has 0 bridgehead atoms. The number of hydrogen-bond donors (Lipinski definition) is 1. The van der Waals surface area contributed by atoms with E-state index in [0.29, 0.717) is 6.42 Å². The molecule has 1 aliphatic rings.